The molecule has 6 saturated carbocycles. The first-order chi connectivity index (χ1) is 14.9. The Morgan fingerprint density at radius 2 is 1.23 bits per heavy atom. The molecule has 0 amide bonds. The Bertz CT molecular complexity index is 579. The molecular formula is C30H49. The van der Waals surface area contributed by atoms with Gasteiger partial charge in [0.05, 0.1) is 0 Å². The maximum atomic E-state index is 2.23. The maximum Gasteiger partial charge on any atom is -0.0140 e. The van der Waals surface area contributed by atoms with Gasteiger partial charge in [-0.2, -0.15) is 0 Å². The quantitative estimate of drug-likeness (QED) is 0.405. The van der Waals surface area contributed by atoms with Crippen molar-refractivity contribution >= 4 is 0 Å². The van der Waals surface area contributed by atoms with Crippen LogP contribution in [-0.4, -0.2) is 0 Å². The van der Waals surface area contributed by atoms with E-state index in [9.17, 15) is 0 Å². The average Bonchev–Trinajstić information content (AvgIpc) is 3.06. The lowest BCUT2D eigenvalue weighted by molar-refractivity contribution is -0.0505. The first kappa shape index (κ1) is 20.6. The van der Waals surface area contributed by atoms with Crippen LogP contribution in [0.5, 0.6) is 0 Å². The van der Waals surface area contributed by atoms with Crippen LogP contribution in [0.4, 0.5) is 0 Å². The van der Waals surface area contributed by atoms with Gasteiger partial charge in [-0.05, 0) is 117 Å². The minimum Gasteiger partial charge on any atom is -0.0533 e. The summed E-state index contributed by atoms with van der Waals surface area (Å²) in [7, 11) is 0. The van der Waals surface area contributed by atoms with Crippen LogP contribution in [0.25, 0.3) is 0 Å². The van der Waals surface area contributed by atoms with Crippen molar-refractivity contribution in [3.63, 3.8) is 0 Å². The van der Waals surface area contributed by atoms with Gasteiger partial charge in [-0.1, -0.05) is 70.6 Å². The van der Waals surface area contributed by atoms with E-state index in [1.807, 2.05) is 0 Å². The molecule has 0 bridgehead atoms. The molecule has 0 aliphatic heterocycles. The lowest BCUT2D eigenvalue weighted by Crippen LogP contribution is -2.52. The van der Waals surface area contributed by atoms with E-state index in [0.717, 1.165) is 41.4 Å². The van der Waals surface area contributed by atoms with Crippen LogP contribution in [0, 0.1) is 52.8 Å². The highest BCUT2D eigenvalue weighted by Crippen LogP contribution is 2.69. The summed E-state index contributed by atoms with van der Waals surface area (Å²) in [5.74, 6) is 9.94. The van der Waals surface area contributed by atoms with Gasteiger partial charge in [0.1, 0.15) is 0 Å². The molecular weight excluding hydrogens is 360 g/mol. The molecule has 6 aliphatic rings. The summed E-state index contributed by atoms with van der Waals surface area (Å²) in [6.45, 7) is 0. The largest absolute Gasteiger partial charge is 0.0533 e. The second kappa shape index (κ2) is 8.74. The standard InChI is InChI=1S/C30H49/c1-2-6-13-25-22(10-4-1)16-18-27-26(25)19-20-29(27)30-21-9-3-5-12-24(30)17-15-23-11-7-8-14-28(23)30/h22-28H,1-21H2. The first-order valence-electron chi connectivity index (χ1n) is 14.7. The first-order valence-corrected chi connectivity index (χ1v) is 14.7. The lowest BCUT2D eigenvalue weighted by Gasteiger charge is -2.59. The van der Waals surface area contributed by atoms with Crippen LogP contribution in [0.15, 0.2) is 0 Å². The second-order valence-corrected chi connectivity index (χ2v) is 12.9. The predicted molar refractivity (Wildman–Crippen MR) is 127 cm³/mol. The minimum atomic E-state index is 0.716. The topological polar surface area (TPSA) is 0 Å². The molecule has 0 heterocycles. The summed E-state index contributed by atoms with van der Waals surface area (Å²) in [5.41, 5.74) is 0.716. The molecule has 6 rings (SSSR count). The summed E-state index contributed by atoms with van der Waals surface area (Å²) < 4.78 is 0. The highest BCUT2D eigenvalue weighted by Gasteiger charge is 2.60. The van der Waals surface area contributed by atoms with Gasteiger partial charge >= 0.3 is 0 Å². The van der Waals surface area contributed by atoms with Gasteiger partial charge in [0.25, 0.3) is 0 Å². The summed E-state index contributed by atoms with van der Waals surface area (Å²) in [6.07, 6.45) is 33.1. The Labute approximate surface area is 187 Å². The van der Waals surface area contributed by atoms with Gasteiger partial charge < -0.3 is 0 Å². The molecule has 0 aromatic carbocycles. The van der Waals surface area contributed by atoms with Crippen molar-refractivity contribution < 1.29 is 0 Å². The van der Waals surface area contributed by atoms with Crippen LogP contribution in [0.1, 0.15) is 135 Å². The van der Waals surface area contributed by atoms with Gasteiger partial charge in [-0.3, -0.25) is 0 Å². The molecule has 8 atom stereocenters. The molecule has 1 radical (unpaired) electrons. The molecule has 30 heavy (non-hydrogen) atoms. The van der Waals surface area contributed by atoms with E-state index < -0.39 is 0 Å². The molecule has 0 N–H and O–H groups in total. The van der Waals surface area contributed by atoms with E-state index in [0.29, 0.717) is 5.41 Å². The van der Waals surface area contributed by atoms with E-state index in [2.05, 4.69) is 5.92 Å². The van der Waals surface area contributed by atoms with Gasteiger partial charge in [-0.15, -0.1) is 0 Å². The number of rotatable bonds is 1. The molecule has 6 fully saturated rings. The predicted octanol–water partition coefficient (Wildman–Crippen LogP) is 9.13. The van der Waals surface area contributed by atoms with E-state index in [1.165, 1.54) is 12.8 Å². The van der Waals surface area contributed by atoms with E-state index in [1.54, 1.807) is 122 Å². The van der Waals surface area contributed by atoms with Crippen LogP contribution >= 0.6 is 0 Å². The van der Waals surface area contributed by atoms with Crippen molar-refractivity contribution in [3.8, 4) is 0 Å². The average molecular weight is 410 g/mol. The lowest BCUT2D eigenvalue weighted by atomic mass is 9.45. The van der Waals surface area contributed by atoms with Crippen molar-refractivity contribution in [2.75, 3.05) is 0 Å². The zero-order chi connectivity index (χ0) is 20.0. The Balaban J connectivity index is 1.32. The number of fused-ring (bicyclic) bond motifs is 6. The Hall–Kier alpha value is 0. The van der Waals surface area contributed by atoms with E-state index >= 15 is 0 Å². The fourth-order valence-electron chi connectivity index (χ4n) is 11.0. The zero-order valence-electron chi connectivity index (χ0n) is 19.9. The van der Waals surface area contributed by atoms with Gasteiger partial charge in [0, 0.05) is 0 Å². The molecule has 0 saturated heterocycles. The molecule has 169 valence electrons. The van der Waals surface area contributed by atoms with E-state index in [4.69, 9.17) is 0 Å². The highest BCUT2D eigenvalue weighted by atomic mass is 14.6. The van der Waals surface area contributed by atoms with Crippen molar-refractivity contribution in [2.24, 2.45) is 46.8 Å². The van der Waals surface area contributed by atoms with Crippen molar-refractivity contribution in [3.05, 3.63) is 5.92 Å². The Morgan fingerprint density at radius 3 is 2.20 bits per heavy atom. The maximum absolute atomic E-state index is 2.23. The molecule has 0 aromatic heterocycles. The molecule has 6 aliphatic carbocycles. The van der Waals surface area contributed by atoms with Crippen molar-refractivity contribution in [1.29, 1.82) is 0 Å². The van der Waals surface area contributed by atoms with Gasteiger partial charge in [-0.25, -0.2) is 0 Å². The minimum absolute atomic E-state index is 0.716. The Morgan fingerprint density at radius 1 is 0.500 bits per heavy atom. The molecule has 0 aromatic rings. The highest BCUT2D eigenvalue weighted by molar-refractivity contribution is 5.23. The SMILES string of the molecule is C1CCCC2C(CC1)CCC1[C](C34CCCCCC3CCC3CCCCC34)CCC12. The van der Waals surface area contributed by atoms with Crippen LogP contribution in [-0.2, 0) is 0 Å². The summed E-state index contributed by atoms with van der Waals surface area (Å²) >= 11 is 0. The zero-order valence-corrected chi connectivity index (χ0v) is 19.9. The third-order valence-corrected chi connectivity index (χ3v) is 12.0. The van der Waals surface area contributed by atoms with Gasteiger partial charge in [0.15, 0.2) is 0 Å². The molecule has 0 nitrogen and oxygen atoms in total. The third-order valence-electron chi connectivity index (χ3n) is 12.0. The molecule has 0 heteroatoms. The third kappa shape index (κ3) is 3.36. The van der Waals surface area contributed by atoms with Gasteiger partial charge in [0.2, 0.25) is 0 Å². The fraction of sp³-hybridized carbons (Fsp3) is 0.967. The van der Waals surface area contributed by atoms with Crippen molar-refractivity contribution in [1.82, 2.24) is 0 Å². The smallest absolute Gasteiger partial charge is 0.0140 e. The normalized spacial score (nSPS) is 50.2. The summed E-state index contributed by atoms with van der Waals surface area (Å²) in [4.78, 5) is 0. The second-order valence-electron chi connectivity index (χ2n) is 12.9. The van der Waals surface area contributed by atoms with Crippen molar-refractivity contribution in [2.45, 2.75) is 135 Å². The van der Waals surface area contributed by atoms with Crippen LogP contribution in [0.3, 0.4) is 0 Å². The Kier molecular flexibility index (Phi) is 6.00. The molecule has 0 spiro atoms. The van der Waals surface area contributed by atoms with Crippen LogP contribution in [0.2, 0.25) is 0 Å². The summed E-state index contributed by atoms with van der Waals surface area (Å²) in [5, 5.41) is 0. The summed E-state index contributed by atoms with van der Waals surface area (Å²) in [6, 6.07) is 0. The number of hydrogen-bond donors (Lipinski definition) is 0. The fourth-order valence-corrected chi connectivity index (χ4v) is 11.0. The monoisotopic (exact) mass is 409 g/mol. The number of hydrogen-bond acceptors (Lipinski definition) is 0. The van der Waals surface area contributed by atoms with Crippen LogP contribution < -0.4 is 0 Å². The molecule has 8 unspecified atom stereocenters. The van der Waals surface area contributed by atoms with E-state index in [-0.39, 0.29) is 0 Å².